The third kappa shape index (κ3) is 6.47. The number of nitrogens with zero attached hydrogens (tertiary/aromatic N) is 6. The van der Waals surface area contributed by atoms with Gasteiger partial charge in [0.05, 0.1) is 44.8 Å². The van der Waals surface area contributed by atoms with Crippen molar-refractivity contribution in [2.24, 2.45) is 0 Å². The number of benzene rings is 7. The minimum atomic E-state index is 0.589. The zero-order chi connectivity index (χ0) is 41.0. The quantitative estimate of drug-likeness (QED) is 0.156. The molecule has 0 radical (unpaired) electrons. The van der Waals surface area contributed by atoms with Gasteiger partial charge in [0, 0.05) is 50.0 Å². The van der Waals surface area contributed by atoms with Crippen LogP contribution >= 0.6 is 0 Å². The van der Waals surface area contributed by atoms with E-state index in [1.807, 2.05) is 60.8 Å². The fourth-order valence-electron chi connectivity index (χ4n) is 8.41. The lowest BCUT2D eigenvalue weighted by atomic mass is 9.99. The molecule has 0 N–H and O–H groups in total. The molecule has 0 spiro atoms. The molecule has 0 aliphatic rings. The van der Waals surface area contributed by atoms with Crippen LogP contribution < -0.4 is 0 Å². The van der Waals surface area contributed by atoms with E-state index in [2.05, 4.69) is 151 Å². The molecule has 6 nitrogen and oxygen atoms in total. The molecule has 7 aromatic carbocycles. The summed E-state index contributed by atoms with van der Waals surface area (Å²) in [5, 5.41) is 6.60. The first-order valence-corrected chi connectivity index (χ1v) is 20.7. The van der Waals surface area contributed by atoms with Gasteiger partial charge in [0.15, 0.2) is 5.82 Å². The minimum absolute atomic E-state index is 0.589. The monoisotopic (exact) mass is 790 g/mol. The number of aromatic nitrogens is 6. The molecule has 0 aliphatic heterocycles. The number of rotatable bonds is 6. The average Bonchev–Trinajstić information content (AvgIpc) is 3.35. The van der Waals surface area contributed by atoms with Crippen LogP contribution in [0, 0.1) is 0 Å². The van der Waals surface area contributed by atoms with Crippen molar-refractivity contribution in [3.8, 4) is 67.7 Å². The van der Waals surface area contributed by atoms with Gasteiger partial charge in [-0.3, -0.25) is 4.98 Å². The van der Waals surface area contributed by atoms with E-state index in [0.29, 0.717) is 5.82 Å². The zero-order valence-corrected chi connectivity index (χ0v) is 33.3. The van der Waals surface area contributed by atoms with Crippen LogP contribution in [-0.4, -0.2) is 29.9 Å². The van der Waals surface area contributed by atoms with E-state index in [4.69, 9.17) is 24.9 Å². The van der Waals surface area contributed by atoms with Gasteiger partial charge in [0.25, 0.3) is 0 Å². The maximum atomic E-state index is 5.13. The smallest absolute Gasteiger partial charge is 0.179 e. The molecule has 0 amide bonds. The van der Waals surface area contributed by atoms with Crippen LogP contribution in [0.2, 0.25) is 0 Å². The highest BCUT2D eigenvalue weighted by molar-refractivity contribution is 6.03. The Kier molecular flexibility index (Phi) is 8.38. The second-order valence-electron chi connectivity index (χ2n) is 15.6. The van der Waals surface area contributed by atoms with Crippen molar-refractivity contribution in [2.45, 2.75) is 0 Å². The second-order valence-corrected chi connectivity index (χ2v) is 15.6. The number of fused-ring (bicyclic) bond motifs is 6. The molecule has 6 heteroatoms. The Morgan fingerprint density at radius 2 is 0.758 bits per heavy atom. The van der Waals surface area contributed by atoms with Crippen LogP contribution in [0.1, 0.15) is 0 Å². The van der Waals surface area contributed by atoms with E-state index in [-0.39, 0.29) is 0 Å². The standard InChI is InChI=1S/C56H34N6/c1-3-8-35(9-4-1)52-34-53(36-10-5-2-6-11-36)62-56(61-52)50-28-21-37-13-16-43(33-51(37)59-50)42-23-26-47-46(32-42)24-27-48(58-47)44-19-17-41-31-45(20-18-40(41)30-44)49-25-22-39-15-14-38-12-7-29-57-54(38)55(39)60-49/h1-34H. The third-order valence-electron chi connectivity index (χ3n) is 11.7. The molecule has 0 bridgehead atoms. The SMILES string of the molecule is c1ccc(-c2cc(-c3ccccc3)nc(-c3ccc4ccc(-c5ccc6nc(-c7ccc8cc(-c9ccc%10ccc%11cccnc%11c%10n9)ccc8c7)ccc6c5)cc4n3)n2)cc1. The normalized spacial score (nSPS) is 11.5. The van der Waals surface area contributed by atoms with Crippen LogP contribution in [0.4, 0.5) is 0 Å². The van der Waals surface area contributed by atoms with E-state index >= 15 is 0 Å². The summed E-state index contributed by atoms with van der Waals surface area (Å²) < 4.78 is 0. The molecule has 0 atom stereocenters. The average molecular weight is 791 g/mol. The van der Waals surface area contributed by atoms with Crippen molar-refractivity contribution in [3.05, 3.63) is 206 Å². The highest BCUT2D eigenvalue weighted by Gasteiger charge is 2.14. The predicted molar refractivity (Wildman–Crippen MR) is 253 cm³/mol. The van der Waals surface area contributed by atoms with Gasteiger partial charge in [-0.15, -0.1) is 0 Å². The maximum Gasteiger partial charge on any atom is 0.179 e. The third-order valence-corrected chi connectivity index (χ3v) is 11.7. The van der Waals surface area contributed by atoms with Crippen molar-refractivity contribution in [1.82, 2.24) is 29.9 Å². The van der Waals surface area contributed by atoms with Crippen molar-refractivity contribution >= 4 is 54.4 Å². The summed E-state index contributed by atoms with van der Waals surface area (Å²) in [6.07, 6.45) is 1.83. The molecule has 12 aromatic rings. The summed E-state index contributed by atoms with van der Waals surface area (Å²) in [5.74, 6) is 0.589. The van der Waals surface area contributed by atoms with Crippen LogP contribution in [0.25, 0.3) is 122 Å². The Bertz CT molecular complexity index is 3640. The molecule has 288 valence electrons. The summed E-state index contributed by atoms with van der Waals surface area (Å²) >= 11 is 0. The van der Waals surface area contributed by atoms with Gasteiger partial charge in [-0.25, -0.2) is 24.9 Å². The largest absolute Gasteiger partial charge is 0.254 e. The van der Waals surface area contributed by atoms with Crippen molar-refractivity contribution in [2.75, 3.05) is 0 Å². The Morgan fingerprint density at radius 1 is 0.242 bits per heavy atom. The first-order valence-electron chi connectivity index (χ1n) is 20.7. The van der Waals surface area contributed by atoms with E-state index < -0.39 is 0 Å². The van der Waals surface area contributed by atoms with E-state index in [1.54, 1.807) is 0 Å². The maximum absolute atomic E-state index is 5.13. The van der Waals surface area contributed by atoms with Gasteiger partial charge in [-0.2, -0.15) is 0 Å². The first-order chi connectivity index (χ1) is 30.6. The van der Waals surface area contributed by atoms with Crippen molar-refractivity contribution in [1.29, 1.82) is 0 Å². The van der Waals surface area contributed by atoms with Crippen LogP contribution in [0.3, 0.4) is 0 Å². The first kappa shape index (κ1) is 35.5. The Hall–Kier alpha value is -8.48. The summed E-state index contributed by atoms with van der Waals surface area (Å²) in [6.45, 7) is 0. The Balaban J connectivity index is 0.837. The Labute approximate surface area is 357 Å². The molecule has 0 fully saturated rings. The summed E-state index contributed by atoms with van der Waals surface area (Å²) in [5.41, 5.74) is 14.4. The lowest BCUT2D eigenvalue weighted by Gasteiger charge is -2.10. The number of hydrogen-bond acceptors (Lipinski definition) is 6. The molecule has 0 saturated heterocycles. The Morgan fingerprint density at radius 3 is 1.48 bits per heavy atom. The van der Waals surface area contributed by atoms with E-state index in [1.165, 1.54) is 0 Å². The molecule has 0 saturated carbocycles. The van der Waals surface area contributed by atoms with Gasteiger partial charge in [-0.05, 0) is 82.6 Å². The van der Waals surface area contributed by atoms with Crippen LogP contribution in [0.15, 0.2) is 206 Å². The fraction of sp³-hybridized carbons (Fsp3) is 0. The van der Waals surface area contributed by atoms with Gasteiger partial charge in [0.1, 0.15) is 5.69 Å². The lowest BCUT2D eigenvalue weighted by molar-refractivity contribution is 1.16. The van der Waals surface area contributed by atoms with Gasteiger partial charge in [0.2, 0.25) is 0 Å². The summed E-state index contributed by atoms with van der Waals surface area (Å²) in [4.78, 5) is 30.0. The molecular weight excluding hydrogens is 757 g/mol. The van der Waals surface area contributed by atoms with E-state index in [9.17, 15) is 0 Å². The van der Waals surface area contributed by atoms with Crippen LogP contribution in [-0.2, 0) is 0 Å². The lowest BCUT2D eigenvalue weighted by Crippen LogP contribution is -1.97. The van der Waals surface area contributed by atoms with Gasteiger partial charge < -0.3 is 0 Å². The molecule has 12 rings (SSSR count). The molecule has 0 unspecified atom stereocenters. The predicted octanol–water partition coefficient (Wildman–Crippen LogP) is 13.8. The van der Waals surface area contributed by atoms with Crippen molar-refractivity contribution in [3.63, 3.8) is 0 Å². The molecule has 5 aromatic heterocycles. The fourth-order valence-corrected chi connectivity index (χ4v) is 8.41. The highest BCUT2D eigenvalue weighted by Crippen LogP contribution is 2.33. The second kappa shape index (κ2) is 14.7. The summed E-state index contributed by atoms with van der Waals surface area (Å²) in [6, 6.07) is 69.3. The molecule has 0 aliphatic carbocycles. The number of hydrogen-bond donors (Lipinski definition) is 0. The number of pyridine rings is 4. The summed E-state index contributed by atoms with van der Waals surface area (Å²) in [7, 11) is 0. The zero-order valence-electron chi connectivity index (χ0n) is 33.3. The van der Waals surface area contributed by atoms with E-state index in [0.717, 1.165) is 116 Å². The molecule has 5 heterocycles. The minimum Gasteiger partial charge on any atom is -0.254 e. The van der Waals surface area contributed by atoms with Gasteiger partial charge in [-0.1, -0.05) is 140 Å². The van der Waals surface area contributed by atoms with Crippen molar-refractivity contribution < 1.29 is 0 Å². The highest BCUT2D eigenvalue weighted by atomic mass is 14.9. The molecule has 62 heavy (non-hydrogen) atoms. The molecular formula is C56H34N6. The topological polar surface area (TPSA) is 77.3 Å². The van der Waals surface area contributed by atoms with Gasteiger partial charge >= 0.3 is 0 Å². The van der Waals surface area contributed by atoms with Crippen LogP contribution in [0.5, 0.6) is 0 Å².